The predicted molar refractivity (Wildman–Crippen MR) is 94.9 cm³/mol. The number of carbonyl (C=O) groups is 2. The van der Waals surface area contributed by atoms with Gasteiger partial charge in [0, 0.05) is 37.4 Å². The number of hydrogen-bond donors (Lipinski definition) is 2. The highest BCUT2D eigenvalue weighted by atomic mass is 19.1. The Morgan fingerprint density at radius 2 is 1.96 bits per heavy atom. The van der Waals surface area contributed by atoms with Crippen molar-refractivity contribution >= 4 is 17.7 Å². The van der Waals surface area contributed by atoms with Gasteiger partial charge in [-0.25, -0.2) is 18.4 Å². The third kappa shape index (κ3) is 3.02. The van der Waals surface area contributed by atoms with Crippen molar-refractivity contribution in [3.63, 3.8) is 0 Å². The van der Waals surface area contributed by atoms with Gasteiger partial charge < -0.3 is 15.3 Å². The summed E-state index contributed by atoms with van der Waals surface area (Å²) in [5, 5.41) is 12.1. The molecule has 0 aromatic heterocycles. The van der Waals surface area contributed by atoms with Crippen molar-refractivity contribution < 1.29 is 23.5 Å². The minimum absolute atomic E-state index is 0.0617. The van der Waals surface area contributed by atoms with E-state index in [0.29, 0.717) is 25.3 Å². The van der Waals surface area contributed by atoms with Crippen molar-refractivity contribution in [3.05, 3.63) is 53.6 Å². The maximum Gasteiger partial charge on any atom is 0.338 e. The van der Waals surface area contributed by atoms with Gasteiger partial charge in [0.1, 0.15) is 11.6 Å². The van der Waals surface area contributed by atoms with Crippen LogP contribution in [0.1, 0.15) is 10.4 Å². The smallest absolute Gasteiger partial charge is 0.338 e. The molecule has 1 atom stereocenters. The molecule has 0 aliphatic carbocycles. The first-order valence-corrected chi connectivity index (χ1v) is 8.57. The van der Waals surface area contributed by atoms with E-state index in [9.17, 15) is 18.4 Å². The second-order valence-electron chi connectivity index (χ2n) is 6.61. The van der Waals surface area contributed by atoms with Gasteiger partial charge in [-0.05, 0) is 35.9 Å². The average molecular weight is 373 g/mol. The molecule has 0 spiro atoms. The van der Waals surface area contributed by atoms with Crippen molar-refractivity contribution in [3.8, 4) is 11.1 Å². The largest absolute Gasteiger partial charge is 0.478 e. The van der Waals surface area contributed by atoms with Crippen molar-refractivity contribution in [1.82, 2.24) is 10.2 Å². The van der Waals surface area contributed by atoms with Crippen LogP contribution in [0.4, 0.5) is 19.3 Å². The number of amides is 2. The minimum Gasteiger partial charge on any atom is -0.478 e. The van der Waals surface area contributed by atoms with Crippen LogP contribution in [0.15, 0.2) is 36.4 Å². The number of carboxylic acids is 1. The SMILES string of the molecule is O=C(O)c1ccc(-c2ccc(N3C[C@@H]4CNCCN4C3=O)cc2F)cc1F. The third-order valence-corrected chi connectivity index (χ3v) is 4.99. The fraction of sp³-hybridized carbons (Fsp3) is 0.263. The second-order valence-corrected chi connectivity index (χ2v) is 6.61. The molecule has 8 heteroatoms. The van der Waals surface area contributed by atoms with Crippen LogP contribution in [0.25, 0.3) is 11.1 Å². The van der Waals surface area contributed by atoms with Gasteiger partial charge in [-0.3, -0.25) is 4.90 Å². The van der Waals surface area contributed by atoms with Crippen LogP contribution in [0.2, 0.25) is 0 Å². The molecule has 0 saturated carbocycles. The summed E-state index contributed by atoms with van der Waals surface area (Å²) in [5.74, 6) is -2.92. The summed E-state index contributed by atoms with van der Waals surface area (Å²) in [6.07, 6.45) is 0. The molecule has 27 heavy (non-hydrogen) atoms. The zero-order valence-corrected chi connectivity index (χ0v) is 14.3. The number of nitrogens with one attached hydrogen (secondary N) is 1. The molecule has 2 N–H and O–H groups in total. The van der Waals surface area contributed by atoms with E-state index in [4.69, 9.17) is 5.11 Å². The Morgan fingerprint density at radius 1 is 1.15 bits per heavy atom. The van der Waals surface area contributed by atoms with Gasteiger partial charge in [-0.2, -0.15) is 0 Å². The fourth-order valence-electron chi connectivity index (χ4n) is 3.60. The lowest BCUT2D eigenvalue weighted by molar-refractivity contribution is 0.0692. The van der Waals surface area contributed by atoms with Gasteiger partial charge in [0.05, 0.1) is 11.6 Å². The summed E-state index contributed by atoms with van der Waals surface area (Å²) in [7, 11) is 0. The minimum atomic E-state index is -1.38. The Balaban J connectivity index is 1.63. The molecule has 2 amide bonds. The zero-order valence-electron chi connectivity index (χ0n) is 14.3. The molecule has 0 unspecified atom stereocenters. The number of urea groups is 1. The lowest BCUT2D eigenvalue weighted by atomic mass is 10.0. The molecule has 2 aliphatic heterocycles. The van der Waals surface area contributed by atoms with Gasteiger partial charge in [-0.15, -0.1) is 0 Å². The molecule has 2 saturated heterocycles. The Labute approximate surface area is 154 Å². The van der Waals surface area contributed by atoms with Crippen LogP contribution in [-0.2, 0) is 0 Å². The Hall–Kier alpha value is -3.00. The van der Waals surface area contributed by atoms with Crippen molar-refractivity contribution in [1.29, 1.82) is 0 Å². The molecule has 2 aromatic rings. The molecule has 0 radical (unpaired) electrons. The number of aromatic carboxylic acids is 1. The predicted octanol–water partition coefficient (Wildman–Crippen LogP) is 2.54. The van der Waals surface area contributed by atoms with Crippen LogP contribution in [-0.4, -0.2) is 54.2 Å². The number of carboxylic acid groups (broad SMARTS) is 1. The summed E-state index contributed by atoms with van der Waals surface area (Å²) in [5.41, 5.74) is 0.346. The Morgan fingerprint density at radius 3 is 2.63 bits per heavy atom. The monoisotopic (exact) mass is 373 g/mol. The van der Waals surface area contributed by atoms with Gasteiger partial charge in [-0.1, -0.05) is 6.07 Å². The van der Waals surface area contributed by atoms with Crippen molar-refractivity contribution in [2.45, 2.75) is 6.04 Å². The average Bonchev–Trinajstić information content (AvgIpc) is 2.98. The number of fused-ring (bicyclic) bond motifs is 1. The number of anilines is 1. The number of nitrogens with zero attached hydrogens (tertiary/aromatic N) is 2. The Kier molecular flexibility index (Phi) is 4.27. The molecule has 2 aliphatic rings. The number of rotatable bonds is 3. The topological polar surface area (TPSA) is 72.9 Å². The van der Waals surface area contributed by atoms with Crippen LogP contribution >= 0.6 is 0 Å². The first-order chi connectivity index (χ1) is 13.0. The summed E-state index contributed by atoms with van der Waals surface area (Å²) >= 11 is 0. The molecule has 0 bridgehead atoms. The molecule has 4 rings (SSSR count). The van der Waals surface area contributed by atoms with Crippen LogP contribution in [0, 0.1) is 11.6 Å². The van der Waals surface area contributed by atoms with Gasteiger partial charge >= 0.3 is 12.0 Å². The number of carbonyl (C=O) groups excluding carboxylic acids is 1. The fourth-order valence-corrected chi connectivity index (χ4v) is 3.60. The van der Waals surface area contributed by atoms with Gasteiger partial charge in [0.15, 0.2) is 0 Å². The molecule has 6 nitrogen and oxygen atoms in total. The van der Waals surface area contributed by atoms with Crippen molar-refractivity contribution in [2.75, 3.05) is 31.1 Å². The van der Waals surface area contributed by atoms with Crippen molar-refractivity contribution in [2.24, 2.45) is 0 Å². The number of halogens is 2. The maximum atomic E-state index is 14.7. The summed E-state index contributed by atoms with van der Waals surface area (Å²) in [4.78, 5) is 26.8. The van der Waals surface area contributed by atoms with Crippen LogP contribution in [0.5, 0.6) is 0 Å². The molecule has 2 aromatic carbocycles. The van der Waals surface area contributed by atoms with E-state index >= 15 is 0 Å². The van der Waals surface area contributed by atoms with E-state index in [-0.39, 0.29) is 23.2 Å². The van der Waals surface area contributed by atoms with Crippen LogP contribution < -0.4 is 10.2 Å². The highest BCUT2D eigenvalue weighted by molar-refractivity contribution is 5.95. The lowest BCUT2D eigenvalue weighted by Crippen LogP contribution is -2.49. The van der Waals surface area contributed by atoms with Crippen LogP contribution in [0.3, 0.4) is 0 Å². The molecular formula is C19H17F2N3O3. The molecule has 140 valence electrons. The highest BCUT2D eigenvalue weighted by Crippen LogP contribution is 2.31. The number of hydrogen-bond acceptors (Lipinski definition) is 3. The first-order valence-electron chi connectivity index (χ1n) is 8.57. The summed E-state index contributed by atoms with van der Waals surface area (Å²) < 4.78 is 28.6. The second kappa shape index (κ2) is 6.62. The number of piperazine rings is 1. The summed E-state index contributed by atoms with van der Waals surface area (Å²) in [6.45, 7) is 2.54. The molecule has 2 fully saturated rings. The quantitative estimate of drug-likeness (QED) is 0.867. The van der Waals surface area contributed by atoms with E-state index in [1.54, 1.807) is 15.9 Å². The van der Waals surface area contributed by atoms with E-state index in [2.05, 4.69) is 5.32 Å². The Bertz CT molecular complexity index is 934. The lowest BCUT2D eigenvalue weighted by Gasteiger charge is -2.28. The van der Waals surface area contributed by atoms with E-state index < -0.39 is 23.2 Å². The zero-order chi connectivity index (χ0) is 19.1. The normalized spacial score (nSPS) is 19.3. The van der Waals surface area contributed by atoms with Gasteiger partial charge in [0.2, 0.25) is 0 Å². The van der Waals surface area contributed by atoms with Gasteiger partial charge in [0.25, 0.3) is 0 Å². The van der Waals surface area contributed by atoms with E-state index in [1.807, 2.05) is 0 Å². The summed E-state index contributed by atoms with van der Waals surface area (Å²) in [6, 6.07) is 7.72. The van der Waals surface area contributed by atoms with E-state index in [0.717, 1.165) is 18.7 Å². The first kappa shape index (κ1) is 17.4. The number of benzene rings is 2. The standard InChI is InChI=1S/C19H17F2N3O3/c20-16-7-11(1-3-15(16)18(25)26)14-4-2-12(8-17(14)21)24-10-13-9-22-5-6-23(13)19(24)27/h1-4,7-8,13,22H,5-6,9-10H2,(H,25,26)/t13-/m0/s1. The third-order valence-electron chi connectivity index (χ3n) is 4.99. The highest BCUT2D eigenvalue weighted by Gasteiger charge is 2.39. The molecule has 2 heterocycles. The van der Waals surface area contributed by atoms with E-state index in [1.165, 1.54) is 18.2 Å². The molecular weight excluding hydrogens is 356 g/mol. The maximum absolute atomic E-state index is 14.7.